The average molecular weight is 485 g/mol. The van der Waals surface area contributed by atoms with Crippen LogP contribution in [0.25, 0.3) is 10.9 Å². The number of hydrogen-bond acceptors (Lipinski definition) is 4. The maximum absolute atomic E-state index is 15.4. The lowest BCUT2D eigenvalue weighted by molar-refractivity contribution is 0.354. The first kappa shape index (κ1) is 24.5. The number of piperidine rings is 1. The number of aromatic nitrogens is 1. The number of pyridine rings is 1. The van der Waals surface area contributed by atoms with Crippen molar-refractivity contribution in [3.63, 3.8) is 0 Å². The lowest BCUT2D eigenvalue weighted by atomic mass is 9.91. The summed E-state index contributed by atoms with van der Waals surface area (Å²) >= 11 is 0. The number of benzene rings is 2. The van der Waals surface area contributed by atoms with Gasteiger partial charge in [0.1, 0.15) is 10.7 Å². The molecule has 4 rings (SSSR count). The van der Waals surface area contributed by atoms with Gasteiger partial charge in [-0.2, -0.15) is 0 Å². The second-order valence-electron chi connectivity index (χ2n) is 9.94. The minimum atomic E-state index is -4.07. The Kier molecular flexibility index (Phi) is 6.60. The summed E-state index contributed by atoms with van der Waals surface area (Å²) in [5.41, 5.74) is 2.17. The van der Waals surface area contributed by atoms with E-state index in [0.29, 0.717) is 29.6 Å². The molecular weight excluding hydrogens is 451 g/mol. The van der Waals surface area contributed by atoms with Gasteiger partial charge in [0.25, 0.3) is 0 Å². The number of nitrogens with zero attached hydrogens (tertiary/aromatic N) is 2. The van der Waals surface area contributed by atoms with Crippen molar-refractivity contribution < 1.29 is 12.8 Å². The highest BCUT2D eigenvalue weighted by atomic mass is 32.2. The maximum atomic E-state index is 15.4. The zero-order valence-electron chi connectivity index (χ0n) is 20.6. The van der Waals surface area contributed by atoms with Crippen LogP contribution in [0.5, 0.6) is 0 Å². The second-order valence-corrected chi connectivity index (χ2v) is 11.9. The molecule has 1 saturated heterocycles. The molecule has 0 unspecified atom stereocenters. The largest absolute Gasteiger partial charge is 0.369 e. The Balaban J connectivity index is 1.92. The lowest BCUT2D eigenvalue weighted by Crippen LogP contribution is -2.39. The van der Waals surface area contributed by atoms with Crippen molar-refractivity contribution in [3.8, 4) is 0 Å². The summed E-state index contributed by atoms with van der Waals surface area (Å²) in [7, 11) is -4.07. The number of sulfone groups is 1. The van der Waals surface area contributed by atoms with Crippen molar-refractivity contribution in [2.45, 2.75) is 63.8 Å². The molecule has 2 atom stereocenters. The van der Waals surface area contributed by atoms with Crippen LogP contribution in [0.2, 0.25) is 0 Å². The third-order valence-electron chi connectivity index (χ3n) is 6.87. The first-order valence-electron chi connectivity index (χ1n) is 12.0. The van der Waals surface area contributed by atoms with Gasteiger partial charge in [-0.3, -0.25) is 4.79 Å². The van der Waals surface area contributed by atoms with Crippen LogP contribution < -0.4 is 10.3 Å². The predicted octanol–water partition coefficient (Wildman–Crippen LogP) is 5.48. The van der Waals surface area contributed by atoms with E-state index in [4.69, 9.17) is 0 Å². The fraction of sp³-hybridized carbons (Fsp3) is 0.444. The van der Waals surface area contributed by atoms with Crippen LogP contribution >= 0.6 is 0 Å². The number of anilines is 1. The van der Waals surface area contributed by atoms with Crippen LogP contribution in [0.3, 0.4) is 0 Å². The standard InChI is InChI=1S/C27H33FN2O3S/c1-6-9-29-16-26(34(32,33)21-8-7-19(4)20(5)11-21)27(31)22-12-23(28)25(13-24(22)29)30-14-17(2)10-18(3)15-30/h7-8,11-13,16-18H,6,9-10,14-15H2,1-5H3/t17-,18-/m1/s1. The Bertz CT molecular complexity index is 1400. The van der Waals surface area contributed by atoms with E-state index >= 15 is 4.39 Å². The van der Waals surface area contributed by atoms with Crippen molar-refractivity contribution in [1.82, 2.24) is 4.57 Å². The van der Waals surface area contributed by atoms with Crippen LogP contribution in [0, 0.1) is 31.5 Å². The zero-order chi connectivity index (χ0) is 24.8. The van der Waals surface area contributed by atoms with Gasteiger partial charge in [-0.15, -0.1) is 0 Å². The van der Waals surface area contributed by atoms with E-state index in [2.05, 4.69) is 13.8 Å². The molecule has 0 aliphatic carbocycles. The molecule has 1 aliphatic rings. The lowest BCUT2D eigenvalue weighted by Gasteiger charge is -2.37. The number of aryl methyl sites for hydroxylation is 3. The molecule has 0 spiro atoms. The molecule has 0 bridgehead atoms. The SMILES string of the molecule is CCCn1cc(S(=O)(=O)c2ccc(C)c(C)c2)c(=O)c2cc(F)c(N3C[C@H](C)C[C@@H](C)C3)cc21. The smallest absolute Gasteiger partial charge is 0.211 e. The van der Waals surface area contributed by atoms with E-state index in [1.807, 2.05) is 25.7 Å². The van der Waals surface area contributed by atoms with E-state index < -0.39 is 21.1 Å². The molecule has 0 radical (unpaired) electrons. The maximum Gasteiger partial charge on any atom is 0.211 e. The molecule has 2 heterocycles. The van der Waals surface area contributed by atoms with Gasteiger partial charge >= 0.3 is 0 Å². The monoisotopic (exact) mass is 484 g/mol. The van der Waals surface area contributed by atoms with E-state index in [0.717, 1.165) is 37.1 Å². The summed E-state index contributed by atoms with van der Waals surface area (Å²) in [5.74, 6) is 0.402. The van der Waals surface area contributed by atoms with Crippen molar-refractivity contribution in [1.29, 1.82) is 0 Å². The highest BCUT2D eigenvalue weighted by Gasteiger charge is 2.27. The molecule has 7 heteroatoms. The Morgan fingerprint density at radius 3 is 2.32 bits per heavy atom. The van der Waals surface area contributed by atoms with Crippen molar-refractivity contribution in [2.75, 3.05) is 18.0 Å². The van der Waals surface area contributed by atoms with Crippen LogP contribution in [0.4, 0.5) is 10.1 Å². The van der Waals surface area contributed by atoms with Gasteiger partial charge in [0, 0.05) is 25.8 Å². The molecule has 1 aliphatic heterocycles. The van der Waals surface area contributed by atoms with Crippen LogP contribution in [-0.2, 0) is 16.4 Å². The van der Waals surface area contributed by atoms with Gasteiger partial charge in [0.15, 0.2) is 0 Å². The highest BCUT2D eigenvalue weighted by Crippen LogP contribution is 2.32. The molecule has 2 aromatic carbocycles. The number of fused-ring (bicyclic) bond motifs is 1. The highest BCUT2D eigenvalue weighted by molar-refractivity contribution is 7.91. The predicted molar refractivity (Wildman–Crippen MR) is 135 cm³/mol. The summed E-state index contributed by atoms with van der Waals surface area (Å²) < 4.78 is 44.1. The van der Waals surface area contributed by atoms with Crippen molar-refractivity contribution in [2.24, 2.45) is 11.8 Å². The number of rotatable bonds is 5. The summed E-state index contributed by atoms with van der Waals surface area (Å²) in [6.45, 7) is 12.1. The van der Waals surface area contributed by atoms with Crippen LogP contribution in [-0.4, -0.2) is 26.1 Å². The van der Waals surface area contributed by atoms with Gasteiger partial charge in [0.05, 0.1) is 21.5 Å². The Labute approximate surface area is 201 Å². The molecule has 5 nitrogen and oxygen atoms in total. The van der Waals surface area contributed by atoms with Gasteiger partial charge in [-0.1, -0.05) is 26.8 Å². The van der Waals surface area contributed by atoms with Gasteiger partial charge < -0.3 is 9.47 Å². The second kappa shape index (κ2) is 9.17. The summed E-state index contributed by atoms with van der Waals surface area (Å²) in [6.07, 6.45) is 3.28. The molecule has 34 heavy (non-hydrogen) atoms. The average Bonchev–Trinajstić information content (AvgIpc) is 2.76. The van der Waals surface area contributed by atoms with Crippen LogP contribution in [0.1, 0.15) is 44.7 Å². The fourth-order valence-electron chi connectivity index (χ4n) is 5.10. The molecule has 0 N–H and O–H groups in total. The molecule has 3 aromatic rings. The van der Waals surface area contributed by atoms with Gasteiger partial charge in [0.2, 0.25) is 15.3 Å². The quantitative estimate of drug-likeness (QED) is 0.481. The third-order valence-corrected chi connectivity index (χ3v) is 8.61. The zero-order valence-corrected chi connectivity index (χ0v) is 21.4. The molecule has 1 aromatic heterocycles. The molecule has 1 fully saturated rings. The van der Waals surface area contributed by atoms with Crippen molar-refractivity contribution >= 4 is 26.4 Å². The summed E-state index contributed by atoms with van der Waals surface area (Å²) in [5, 5.41) is 0.0951. The molecule has 0 amide bonds. The Hall–Kier alpha value is -2.67. The van der Waals surface area contributed by atoms with Crippen LogP contribution in [0.15, 0.2) is 51.1 Å². The molecule has 182 valence electrons. The normalized spacial score (nSPS) is 19.1. The van der Waals surface area contributed by atoms with E-state index in [1.54, 1.807) is 22.8 Å². The number of halogens is 1. The Morgan fingerprint density at radius 2 is 1.71 bits per heavy atom. The fourth-order valence-corrected chi connectivity index (χ4v) is 6.55. The summed E-state index contributed by atoms with van der Waals surface area (Å²) in [6, 6.07) is 7.79. The molecule has 0 saturated carbocycles. The first-order valence-corrected chi connectivity index (χ1v) is 13.4. The summed E-state index contributed by atoms with van der Waals surface area (Å²) in [4.78, 5) is 15.2. The van der Waals surface area contributed by atoms with Crippen molar-refractivity contribution in [3.05, 3.63) is 63.7 Å². The first-order chi connectivity index (χ1) is 16.0. The van der Waals surface area contributed by atoms with Gasteiger partial charge in [-0.05, 0) is 73.9 Å². The minimum absolute atomic E-state index is 0.0727. The third kappa shape index (κ3) is 4.38. The molecular formula is C27H33FN2O3S. The van der Waals surface area contributed by atoms with E-state index in [9.17, 15) is 13.2 Å². The van der Waals surface area contributed by atoms with E-state index in [1.165, 1.54) is 18.3 Å². The van der Waals surface area contributed by atoms with E-state index in [-0.39, 0.29) is 15.2 Å². The number of hydrogen-bond donors (Lipinski definition) is 0. The topological polar surface area (TPSA) is 59.4 Å². The Morgan fingerprint density at radius 1 is 1.03 bits per heavy atom. The minimum Gasteiger partial charge on any atom is -0.369 e. The van der Waals surface area contributed by atoms with Gasteiger partial charge in [-0.25, -0.2) is 12.8 Å².